The predicted octanol–water partition coefficient (Wildman–Crippen LogP) is 2.54. The highest BCUT2D eigenvalue weighted by molar-refractivity contribution is 7.89. The largest absolute Gasteiger partial charge is 0.355 e. The Kier molecular flexibility index (Phi) is 8.17. The monoisotopic (exact) mass is 457 g/mol. The summed E-state index contributed by atoms with van der Waals surface area (Å²) in [5.41, 5.74) is 1.71. The molecule has 32 heavy (non-hydrogen) atoms. The van der Waals surface area contributed by atoms with E-state index in [4.69, 9.17) is 0 Å². The molecular weight excluding hydrogens is 426 g/mol. The molecule has 0 bridgehead atoms. The number of ketones is 1. The number of hydrogen-bond donors (Lipinski definition) is 1. The summed E-state index contributed by atoms with van der Waals surface area (Å²) in [5, 5.41) is 2.99. The molecule has 1 aliphatic heterocycles. The van der Waals surface area contributed by atoms with Gasteiger partial charge in [0.2, 0.25) is 15.9 Å². The number of benzene rings is 2. The number of carbonyl (C=O) groups excluding carboxylic acids is 2. The van der Waals surface area contributed by atoms with E-state index < -0.39 is 10.0 Å². The molecular formula is C24H31N3O4S. The van der Waals surface area contributed by atoms with Crippen molar-refractivity contribution in [3.63, 3.8) is 0 Å². The smallest absolute Gasteiger partial charge is 0.243 e. The molecule has 8 heteroatoms. The van der Waals surface area contributed by atoms with Gasteiger partial charge in [-0.3, -0.25) is 9.59 Å². The minimum atomic E-state index is -3.63. The lowest BCUT2D eigenvalue weighted by atomic mass is 9.97. The van der Waals surface area contributed by atoms with Gasteiger partial charge in [0, 0.05) is 44.2 Å². The highest BCUT2D eigenvalue weighted by Gasteiger charge is 2.32. The van der Waals surface area contributed by atoms with E-state index in [-0.39, 0.29) is 22.5 Å². The predicted molar refractivity (Wildman–Crippen MR) is 124 cm³/mol. The summed E-state index contributed by atoms with van der Waals surface area (Å²) in [5.74, 6) is -0.297. The third-order valence-electron chi connectivity index (χ3n) is 5.81. The Morgan fingerprint density at radius 1 is 1.03 bits per heavy atom. The van der Waals surface area contributed by atoms with Crippen molar-refractivity contribution < 1.29 is 18.0 Å². The molecule has 7 nitrogen and oxygen atoms in total. The van der Waals surface area contributed by atoms with Crippen LogP contribution in [0.2, 0.25) is 0 Å². The van der Waals surface area contributed by atoms with Crippen LogP contribution in [-0.4, -0.2) is 62.5 Å². The molecule has 0 aliphatic carbocycles. The van der Waals surface area contributed by atoms with Crippen molar-refractivity contribution in [2.24, 2.45) is 5.92 Å². The zero-order valence-corrected chi connectivity index (χ0v) is 19.5. The Morgan fingerprint density at radius 3 is 2.25 bits per heavy atom. The lowest BCUT2D eigenvalue weighted by Crippen LogP contribution is -2.44. The number of nitrogens with zero attached hydrogens (tertiary/aromatic N) is 2. The molecule has 0 aromatic heterocycles. The van der Waals surface area contributed by atoms with E-state index in [1.165, 1.54) is 41.1 Å². The molecule has 1 heterocycles. The van der Waals surface area contributed by atoms with E-state index in [9.17, 15) is 18.0 Å². The molecule has 2 aromatic rings. The van der Waals surface area contributed by atoms with Crippen LogP contribution in [0.1, 0.15) is 35.7 Å². The van der Waals surface area contributed by atoms with Crippen LogP contribution in [0.15, 0.2) is 59.5 Å². The molecule has 0 spiro atoms. The van der Waals surface area contributed by atoms with Crippen LogP contribution in [0.3, 0.4) is 0 Å². The van der Waals surface area contributed by atoms with Gasteiger partial charge in [-0.15, -0.1) is 0 Å². The number of Topliss-reactive ketones (excluding diaryl/α,β-unsaturated/α-hetero) is 1. The third kappa shape index (κ3) is 6.25. The third-order valence-corrected chi connectivity index (χ3v) is 7.72. The van der Waals surface area contributed by atoms with Gasteiger partial charge < -0.3 is 10.2 Å². The van der Waals surface area contributed by atoms with Crippen molar-refractivity contribution in [2.45, 2.75) is 31.2 Å². The molecule has 1 aliphatic rings. The van der Waals surface area contributed by atoms with Gasteiger partial charge in [-0.05, 0) is 44.5 Å². The van der Waals surface area contributed by atoms with Gasteiger partial charge in [0.1, 0.15) is 0 Å². The first-order valence-corrected chi connectivity index (χ1v) is 12.3. The minimum absolute atomic E-state index is 0.0130. The van der Waals surface area contributed by atoms with Crippen molar-refractivity contribution in [1.29, 1.82) is 0 Å². The minimum Gasteiger partial charge on any atom is -0.355 e. The van der Waals surface area contributed by atoms with Crippen molar-refractivity contribution in [2.75, 3.05) is 33.2 Å². The van der Waals surface area contributed by atoms with E-state index in [0.29, 0.717) is 38.0 Å². The highest BCUT2D eigenvalue weighted by Crippen LogP contribution is 2.24. The number of likely N-dealkylation sites (N-methyl/N-ethyl adjacent to an activating group) is 1. The lowest BCUT2D eigenvalue weighted by Gasteiger charge is -2.30. The number of amides is 1. The van der Waals surface area contributed by atoms with Crippen molar-refractivity contribution in [3.05, 3.63) is 65.7 Å². The summed E-state index contributed by atoms with van der Waals surface area (Å²) in [4.78, 5) is 26.3. The van der Waals surface area contributed by atoms with Gasteiger partial charge in [0.25, 0.3) is 0 Å². The SMILES string of the molecule is CC(=O)c1ccc(S(=O)(=O)N2CCC(C(=O)NCCN(C)Cc3ccccc3)CC2)cc1. The normalized spacial score (nSPS) is 15.6. The zero-order valence-electron chi connectivity index (χ0n) is 18.7. The van der Waals surface area contributed by atoms with Gasteiger partial charge in [-0.25, -0.2) is 8.42 Å². The van der Waals surface area contributed by atoms with Crippen molar-refractivity contribution in [1.82, 2.24) is 14.5 Å². The Hall–Kier alpha value is -2.55. The molecule has 2 aromatic carbocycles. The van der Waals surface area contributed by atoms with Gasteiger partial charge in [0.15, 0.2) is 5.78 Å². The number of rotatable bonds is 9. The Morgan fingerprint density at radius 2 is 1.66 bits per heavy atom. The maximum absolute atomic E-state index is 12.9. The molecule has 3 rings (SSSR count). The van der Waals surface area contributed by atoms with Crippen LogP contribution in [0.4, 0.5) is 0 Å². The molecule has 0 saturated carbocycles. The standard InChI is InChI=1S/C24H31N3O4S/c1-19(28)21-8-10-23(11-9-21)32(30,31)27-15-12-22(13-16-27)24(29)25-14-17-26(2)18-20-6-4-3-5-7-20/h3-11,22H,12-18H2,1-2H3,(H,25,29). The van der Waals surface area contributed by atoms with Gasteiger partial charge in [0.05, 0.1) is 4.90 Å². The lowest BCUT2D eigenvalue weighted by molar-refractivity contribution is -0.126. The quantitative estimate of drug-likeness (QED) is 0.585. The average Bonchev–Trinajstić information content (AvgIpc) is 2.79. The van der Waals surface area contributed by atoms with E-state index in [2.05, 4.69) is 22.3 Å². The molecule has 0 atom stereocenters. The van der Waals surface area contributed by atoms with Crippen LogP contribution >= 0.6 is 0 Å². The average molecular weight is 458 g/mol. The number of nitrogens with one attached hydrogen (secondary N) is 1. The second-order valence-electron chi connectivity index (χ2n) is 8.27. The van der Waals surface area contributed by atoms with Gasteiger partial charge in [-0.1, -0.05) is 42.5 Å². The number of hydrogen-bond acceptors (Lipinski definition) is 5. The molecule has 0 unspecified atom stereocenters. The van der Waals surface area contributed by atoms with E-state index >= 15 is 0 Å². The van der Waals surface area contributed by atoms with Crippen LogP contribution in [0.25, 0.3) is 0 Å². The van der Waals surface area contributed by atoms with E-state index in [1.807, 2.05) is 25.2 Å². The van der Waals surface area contributed by atoms with Gasteiger partial charge in [-0.2, -0.15) is 4.31 Å². The van der Waals surface area contributed by atoms with E-state index in [1.54, 1.807) is 0 Å². The summed E-state index contributed by atoms with van der Waals surface area (Å²) in [6.07, 6.45) is 0.993. The summed E-state index contributed by atoms with van der Waals surface area (Å²) < 4.78 is 27.2. The number of piperidine rings is 1. The number of carbonyl (C=O) groups is 2. The maximum Gasteiger partial charge on any atom is 0.243 e. The van der Waals surface area contributed by atoms with Gasteiger partial charge >= 0.3 is 0 Å². The molecule has 1 fully saturated rings. The molecule has 0 radical (unpaired) electrons. The van der Waals surface area contributed by atoms with E-state index in [0.717, 1.165) is 13.1 Å². The van der Waals surface area contributed by atoms with Crippen molar-refractivity contribution >= 4 is 21.7 Å². The van der Waals surface area contributed by atoms with Crippen LogP contribution in [0, 0.1) is 5.92 Å². The molecule has 1 amide bonds. The van der Waals surface area contributed by atoms with Crippen molar-refractivity contribution in [3.8, 4) is 0 Å². The summed E-state index contributed by atoms with van der Waals surface area (Å²) >= 11 is 0. The fourth-order valence-electron chi connectivity index (χ4n) is 3.86. The Labute approximate surface area is 190 Å². The molecule has 172 valence electrons. The van der Waals surface area contributed by atoms with Crippen LogP contribution in [-0.2, 0) is 21.4 Å². The van der Waals surface area contributed by atoms with Crippen LogP contribution in [0.5, 0.6) is 0 Å². The molecule has 1 saturated heterocycles. The van der Waals surface area contributed by atoms with Crippen LogP contribution < -0.4 is 5.32 Å². The first-order chi connectivity index (χ1) is 15.3. The second-order valence-corrected chi connectivity index (χ2v) is 10.2. The zero-order chi connectivity index (χ0) is 23.1. The first kappa shape index (κ1) is 24.1. The Balaban J connectivity index is 1.44. The second kappa shape index (κ2) is 10.8. The summed E-state index contributed by atoms with van der Waals surface area (Å²) in [6.45, 7) is 4.18. The molecule has 1 N–H and O–H groups in total. The fraction of sp³-hybridized carbons (Fsp3) is 0.417. The highest BCUT2D eigenvalue weighted by atomic mass is 32.2. The Bertz CT molecular complexity index is 1010. The fourth-order valence-corrected chi connectivity index (χ4v) is 5.33. The maximum atomic E-state index is 12.9. The number of sulfonamides is 1. The first-order valence-electron chi connectivity index (χ1n) is 10.9. The summed E-state index contributed by atoms with van der Waals surface area (Å²) in [6, 6.07) is 16.2. The summed E-state index contributed by atoms with van der Waals surface area (Å²) in [7, 11) is -1.61. The topological polar surface area (TPSA) is 86.8 Å².